The number of phenols is 1. The molecule has 4 aromatic carbocycles. The first-order valence-corrected chi connectivity index (χ1v) is 13.3. The highest BCUT2D eigenvalue weighted by Crippen LogP contribution is 2.42. The summed E-state index contributed by atoms with van der Waals surface area (Å²) in [5.41, 5.74) is 0.430. The summed E-state index contributed by atoms with van der Waals surface area (Å²) in [6, 6.07) is 15.6. The summed E-state index contributed by atoms with van der Waals surface area (Å²) >= 11 is 12.3. The number of nitrogens with zero attached hydrogens (tertiary/aromatic N) is 2. The lowest BCUT2D eigenvalue weighted by atomic mass is 10.0. The maximum atomic E-state index is 13.2. The standard InChI is InChI=1S/C26H21Cl2N3O6S/c1-3-16-22(38(34,35)36)11-10-20(28)23(16)30-31-24-17-7-5-4-6-14(17)12-18(25(24)32)26(33)29-15-8-9-19(27)21(13-15)37-2/h4-13,32H,3H2,1-2H3,(H,29,33)(H,34,35,36). The molecule has 0 aliphatic carbocycles. The van der Waals surface area contributed by atoms with E-state index in [1.165, 1.54) is 31.4 Å². The number of anilines is 1. The highest BCUT2D eigenvalue weighted by molar-refractivity contribution is 7.85. The maximum Gasteiger partial charge on any atom is 0.294 e. The van der Waals surface area contributed by atoms with Gasteiger partial charge in [-0.2, -0.15) is 8.42 Å². The van der Waals surface area contributed by atoms with Crippen LogP contribution in [-0.4, -0.2) is 31.1 Å². The molecule has 0 aliphatic heterocycles. The molecule has 0 atom stereocenters. The largest absolute Gasteiger partial charge is 0.505 e. The molecule has 9 nitrogen and oxygen atoms in total. The molecule has 0 bridgehead atoms. The van der Waals surface area contributed by atoms with Gasteiger partial charge in [0.15, 0.2) is 5.75 Å². The Morgan fingerprint density at radius 1 is 1.00 bits per heavy atom. The number of amides is 1. The number of hydrogen-bond donors (Lipinski definition) is 3. The third-order valence-corrected chi connectivity index (χ3v) is 7.28. The SMILES string of the molecule is CCc1c(S(=O)(=O)O)ccc(Cl)c1N=Nc1c(O)c(C(=O)Nc2ccc(Cl)c(OC)c2)cc2ccccc12. The van der Waals surface area contributed by atoms with Crippen LogP contribution in [0, 0.1) is 0 Å². The number of carbonyl (C=O) groups is 1. The van der Waals surface area contributed by atoms with Gasteiger partial charge in [0.1, 0.15) is 17.1 Å². The average Bonchev–Trinajstić information content (AvgIpc) is 2.88. The van der Waals surface area contributed by atoms with Crippen LogP contribution >= 0.6 is 23.2 Å². The molecule has 0 saturated carbocycles. The molecular weight excluding hydrogens is 553 g/mol. The first-order valence-electron chi connectivity index (χ1n) is 11.1. The van der Waals surface area contributed by atoms with Gasteiger partial charge < -0.3 is 15.2 Å². The zero-order chi connectivity index (χ0) is 27.6. The number of aromatic hydroxyl groups is 1. The molecule has 0 aromatic heterocycles. The van der Waals surface area contributed by atoms with Gasteiger partial charge in [-0.15, -0.1) is 10.2 Å². The second-order valence-corrected chi connectivity index (χ2v) is 10.3. The Kier molecular flexibility index (Phi) is 7.89. The molecule has 0 aliphatic rings. The Morgan fingerprint density at radius 2 is 1.68 bits per heavy atom. The number of hydrogen-bond acceptors (Lipinski definition) is 7. The highest BCUT2D eigenvalue weighted by atomic mass is 35.5. The van der Waals surface area contributed by atoms with E-state index in [0.717, 1.165) is 0 Å². The number of halogens is 2. The van der Waals surface area contributed by atoms with Crippen molar-refractivity contribution < 1.29 is 27.6 Å². The summed E-state index contributed by atoms with van der Waals surface area (Å²) in [4.78, 5) is 12.8. The summed E-state index contributed by atoms with van der Waals surface area (Å²) in [6.45, 7) is 1.67. The minimum absolute atomic E-state index is 0.0101. The van der Waals surface area contributed by atoms with Crippen LogP contribution in [0.2, 0.25) is 10.0 Å². The number of ether oxygens (including phenoxy) is 1. The molecular formula is C26H21Cl2N3O6S. The smallest absolute Gasteiger partial charge is 0.294 e. The molecule has 12 heteroatoms. The van der Waals surface area contributed by atoms with Gasteiger partial charge in [0, 0.05) is 22.7 Å². The van der Waals surface area contributed by atoms with Crippen LogP contribution in [0.4, 0.5) is 17.1 Å². The third-order valence-electron chi connectivity index (χ3n) is 5.72. The molecule has 3 N–H and O–H groups in total. The van der Waals surface area contributed by atoms with E-state index in [1.807, 2.05) is 0 Å². The molecule has 0 heterocycles. The number of methoxy groups -OCH3 is 1. The van der Waals surface area contributed by atoms with Gasteiger partial charge >= 0.3 is 0 Å². The molecule has 0 radical (unpaired) electrons. The second-order valence-electron chi connectivity index (χ2n) is 8.05. The summed E-state index contributed by atoms with van der Waals surface area (Å²) in [5.74, 6) is -0.724. The van der Waals surface area contributed by atoms with Crippen molar-refractivity contribution in [2.45, 2.75) is 18.2 Å². The van der Waals surface area contributed by atoms with Crippen molar-refractivity contribution in [3.8, 4) is 11.5 Å². The van der Waals surface area contributed by atoms with Crippen LogP contribution in [0.1, 0.15) is 22.8 Å². The van der Waals surface area contributed by atoms with E-state index in [2.05, 4.69) is 15.5 Å². The van der Waals surface area contributed by atoms with Crippen molar-refractivity contribution in [1.29, 1.82) is 0 Å². The maximum absolute atomic E-state index is 13.2. The van der Waals surface area contributed by atoms with Gasteiger partial charge in [0.05, 0.1) is 27.6 Å². The predicted molar refractivity (Wildman–Crippen MR) is 146 cm³/mol. The van der Waals surface area contributed by atoms with Gasteiger partial charge in [0.25, 0.3) is 16.0 Å². The Bertz CT molecular complexity index is 1710. The first-order chi connectivity index (χ1) is 18.0. The van der Waals surface area contributed by atoms with Gasteiger partial charge in [-0.05, 0) is 42.1 Å². The zero-order valence-corrected chi connectivity index (χ0v) is 22.4. The van der Waals surface area contributed by atoms with Crippen molar-refractivity contribution in [3.05, 3.63) is 81.8 Å². The molecule has 196 valence electrons. The highest BCUT2D eigenvalue weighted by Gasteiger charge is 2.22. The van der Waals surface area contributed by atoms with Gasteiger partial charge in [-0.1, -0.05) is 54.4 Å². The topological polar surface area (TPSA) is 138 Å². The zero-order valence-electron chi connectivity index (χ0n) is 20.1. The molecule has 0 spiro atoms. The Morgan fingerprint density at radius 3 is 2.37 bits per heavy atom. The minimum Gasteiger partial charge on any atom is -0.505 e. The fourth-order valence-electron chi connectivity index (χ4n) is 3.91. The summed E-state index contributed by atoms with van der Waals surface area (Å²) < 4.78 is 38.5. The van der Waals surface area contributed by atoms with Crippen molar-refractivity contribution in [3.63, 3.8) is 0 Å². The Labute approximate surface area is 228 Å². The van der Waals surface area contributed by atoms with Crippen LogP contribution in [0.3, 0.4) is 0 Å². The van der Waals surface area contributed by atoms with Crippen LogP contribution in [0.5, 0.6) is 11.5 Å². The first kappa shape index (κ1) is 27.3. The summed E-state index contributed by atoms with van der Waals surface area (Å²) in [6.07, 6.45) is 0.170. The Balaban J connectivity index is 1.83. The van der Waals surface area contributed by atoms with E-state index in [4.69, 9.17) is 27.9 Å². The van der Waals surface area contributed by atoms with Crippen molar-refractivity contribution >= 4 is 67.1 Å². The number of rotatable bonds is 7. The third kappa shape index (κ3) is 5.44. The normalized spacial score (nSPS) is 11.7. The van der Waals surface area contributed by atoms with Gasteiger partial charge in [-0.3, -0.25) is 9.35 Å². The Hall–Kier alpha value is -3.70. The van der Waals surface area contributed by atoms with E-state index < -0.39 is 21.8 Å². The average molecular weight is 574 g/mol. The lowest BCUT2D eigenvalue weighted by Gasteiger charge is -2.13. The van der Waals surface area contributed by atoms with Crippen LogP contribution in [0.15, 0.2) is 75.8 Å². The molecule has 1 amide bonds. The van der Waals surface area contributed by atoms with Crippen LogP contribution in [-0.2, 0) is 16.5 Å². The van der Waals surface area contributed by atoms with Crippen molar-refractivity contribution in [1.82, 2.24) is 0 Å². The van der Waals surface area contributed by atoms with Crippen molar-refractivity contribution in [2.24, 2.45) is 10.2 Å². The summed E-state index contributed by atoms with van der Waals surface area (Å²) in [5, 5.41) is 23.7. The van der Waals surface area contributed by atoms with Crippen molar-refractivity contribution in [2.75, 3.05) is 12.4 Å². The lowest BCUT2D eigenvalue weighted by Crippen LogP contribution is -2.12. The van der Waals surface area contributed by atoms with E-state index in [9.17, 15) is 22.9 Å². The van der Waals surface area contributed by atoms with E-state index in [1.54, 1.807) is 43.3 Å². The fraction of sp³-hybridized carbons (Fsp3) is 0.115. The molecule has 4 rings (SSSR count). The van der Waals surface area contributed by atoms with Gasteiger partial charge in [-0.25, -0.2) is 0 Å². The second kappa shape index (κ2) is 11.0. The lowest BCUT2D eigenvalue weighted by molar-refractivity contribution is 0.102. The monoisotopic (exact) mass is 573 g/mol. The molecule has 4 aromatic rings. The molecule has 0 unspecified atom stereocenters. The molecule has 0 fully saturated rings. The number of carbonyl (C=O) groups excluding carboxylic acids is 1. The number of benzene rings is 4. The van der Waals surface area contributed by atoms with E-state index in [-0.39, 0.29) is 38.8 Å². The minimum atomic E-state index is -4.55. The number of phenolic OH excluding ortho intramolecular Hbond substituents is 1. The number of fused-ring (bicyclic) bond motifs is 1. The van der Waals surface area contributed by atoms with E-state index >= 15 is 0 Å². The van der Waals surface area contributed by atoms with Crippen LogP contribution < -0.4 is 10.1 Å². The summed E-state index contributed by atoms with van der Waals surface area (Å²) in [7, 11) is -3.10. The molecule has 0 saturated heterocycles. The quantitative estimate of drug-likeness (QED) is 0.156. The predicted octanol–water partition coefficient (Wildman–Crippen LogP) is 7.34. The fourth-order valence-corrected chi connectivity index (χ4v) is 5.11. The van der Waals surface area contributed by atoms with E-state index in [0.29, 0.717) is 27.2 Å². The number of azo groups is 1. The van der Waals surface area contributed by atoms with Crippen LogP contribution in [0.25, 0.3) is 10.8 Å². The van der Waals surface area contributed by atoms with Gasteiger partial charge in [0.2, 0.25) is 0 Å². The molecule has 38 heavy (non-hydrogen) atoms. The number of nitrogens with one attached hydrogen (secondary N) is 1.